The first kappa shape index (κ1) is 14.1. The number of carbonyl (C=O) groups excluding carboxylic acids is 1. The van der Waals surface area contributed by atoms with Gasteiger partial charge in [-0.25, -0.2) is 0 Å². The van der Waals surface area contributed by atoms with Crippen molar-refractivity contribution in [3.05, 3.63) is 29.8 Å². The molecule has 0 radical (unpaired) electrons. The summed E-state index contributed by atoms with van der Waals surface area (Å²) in [5.74, 6) is 0.657. The molecule has 0 N–H and O–H groups in total. The average Bonchev–Trinajstić information content (AvgIpc) is 2.35. The summed E-state index contributed by atoms with van der Waals surface area (Å²) in [6, 6.07) is 7.38. The Morgan fingerprint density at radius 2 is 1.88 bits per heavy atom. The number of benzene rings is 1. The molecule has 0 fully saturated rings. The molecule has 1 rings (SSSR count). The quantitative estimate of drug-likeness (QED) is 0.794. The Hall–Kier alpha value is -0.960. The van der Waals surface area contributed by atoms with Crippen LogP contribution in [0.1, 0.15) is 37.6 Å². The Morgan fingerprint density at radius 3 is 2.35 bits per heavy atom. The smallest absolute Gasteiger partial charge is 0.253 e. The number of hydrogen-bond donors (Lipinski definition) is 1. The summed E-state index contributed by atoms with van der Waals surface area (Å²) >= 11 is 4.22. The van der Waals surface area contributed by atoms with Crippen molar-refractivity contribution in [3.63, 3.8) is 0 Å². The lowest BCUT2D eigenvalue weighted by atomic mass is 10.1. The fraction of sp³-hybridized carbons (Fsp3) is 0.500. The largest absolute Gasteiger partial charge is 0.339 e. The van der Waals surface area contributed by atoms with E-state index in [1.54, 1.807) is 0 Å². The molecular weight excluding hydrogens is 230 g/mol. The monoisotopic (exact) mass is 251 g/mol. The number of amides is 1. The molecule has 0 aromatic heterocycles. The Bertz CT molecular complexity index is 361. The van der Waals surface area contributed by atoms with Crippen molar-refractivity contribution >= 4 is 18.5 Å². The van der Waals surface area contributed by atoms with Crippen LogP contribution >= 0.6 is 12.6 Å². The number of hydrogen-bond acceptors (Lipinski definition) is 2. The van der Waals surface area contributed by atoms with Crippen molar-refractivity contribution in [2.45, 2.75) is 32.1 Å². The molecule has 3 heteroatoms. The maximum absolute atomic E-state index is 12.2. The fourth-order valence-corrected chi connectivity index (χ4v) is 1.80. The molecule has 2 nitrogen and oxygen atoms in total. The van der Waals surface area contributed by atoms with Crippen LogP contribution in [0.5, 0.6) is 0 Å². The van der Waals surface area contributed by atoms with E-state index in [1.807, 2.05) is 36.1 Å². The van der Waals surface area contributed by atoms with E-state index in [2.05, 4.69) is 26.5 Å². The number of carbonyl (C=O) groups is 1. The summed E-state index contributed by atoms with van der Waals surface area (Å²) in [4.78, 5) is 15.0. The molecule has 1 aromatic rings. The normalized spacial score (nSPS) is 12.2. The van der Waals surface area contributed by atoms with Gasteiger partial charge in [-0.1, -0.05) is 20.3 Å². The molecule has 0 heterocycles. The van der Waals surface area contributed by atoms with Crippen molar-refractivity contribution in [3.8, 4) is 0 Å². The van der Waals surface area contributed by atoms with Crippen LogP contribution in [0, 0.1) is 5.92 Å². The predicted octanol–water partition coefficient (Wildman–Crippen LogP) is 3.48. The van der Waals surface area contributed by atoms with Gasteiger partial charge in [0.25, 0.3) is 5.91 Å². The molecule has 0 aliphatic heterocycles. The maximum Gasteiger partial charge on any atom is 0.253 e. The van der Waals surface area contributed by atoms with Crippen LogP contribution in [-0.4, -0.2) is 23.9 Å². The zero-order valence-electron chi connectivity index (χ0n) is 10.8. The molecule has 1 aromatic carbocycles. The van der Waals surface area contributed by atoms with Crippen molar-refractivity contribution in [2.75, 3.05) is 13.1 Å². The van der Waals surface area contributed by atoms with E-state index in [1.165, 1.54) is 0 Å². The first-order chi connectivity index (χ1) is 8.08. The molecular formula is C14H21NOS. The summed E-state index contributed by atoms with van der Waals surface area (Å²) < 4.78 is 0. The average molecular weight is 251 g/mol. The number of thiol groups is 1. The van der Waals surface area contributed by atoms with Gasteiger partial charge in [0.05, 0.1) is 0 Å². The Balaban J connectivity index is 2.75. The van der Waals surface area contributed by atoms with Crippen LogP contribution in [0.4, 0.5) is 0 Å². The van der Waals surface area contributed by atoms with Crippen molar-refractivity contribution < 1.29 is 4.79 Å². The van der Waals surface area contributed by atoms with Crippen LogP contribution in [0.2, 0.25) is 0 Å². The predicted molar refractivity (Wildman–Crippen MR) is 74.7 cm³/mol. The molecule has 1 unspecified atom stereocenters. The highest BCUT2D eigenvalue weighted by atomic mass is 32.1. The van der Waals surface area contributed by atoms with Gasteiger partial charge in [-0.2, -0.15) is 0 Å². The molecule has 1 amide bonds. The van der Waals surface area contributed by atoms with Crippen LogP contribution in [0.25, 0.3) is 0 Å². The van der Waals surface area contributed by atoms with E-state index in [-0.39, 0.29) is 5.91 Å². The third-order valence-corrected chi connectivity index (χ3v) is 3.31. The molecule has 0 spiro atoms. The van der Waals surface area contributed by atoms with Crippen molar-refractivity contribution in [1.82, 2.24) is 4.90 Å². The topological polar surface area (TPSA) is 20.3 Å². The minimum absolute atomic E-state index is 0.112. The lowest BCUT2D eigenvalue weighted by Gasteiger charge is -2.24. The summed E-state index contributed by atoms with van der Waals surface area (Å²) in [5, 5.41) is 0. The number of rotatable bonds is 5. The van der Waals surface area contributed by atoms with Gasteiger partial charge in [0.1, 0.15) is 0 Å². The molecule has 1 atom stereocenters. The standard InChI is InChI=1S/C14H21NOS/c1-4-11(3)10-15(5-2)14(16)12-6-8-13(17)9-7-12/h6-9,11,17H,4-5,10H2,1-3H3. The number of nitrogens with zero attached hydrogens (tertiary/aromatic N) is 1. The first-order valence-electron chi connectivity index (χ1n) is 6.16. The second kappa shape index (κ2) is 6.70. The second-order valence-corrected chi connectivity index (χ2v) is 4.92. The molecule has 0 aliphatic rings. The molecule has 17 heavy (non-hydrogen) atoms. The Morgan fingerprint density at radius 1 is 1.29 bits per heavy atom. The molecule has 94 valence electrons. The van der Waals surface area contributed by atoms with E-state index in [4.69, 9.17) is 0 Å². The van der Waals surface area contributed by atoms with Crippen LogP contribution in [0.15, 0.2) is 29.2 Å². The van der Waals surface area contributed by atoms with Crippen molar-refractivity contribution in [1.29, 1.82) is 0 Å². The van der Waals surface area contributed by atoms with E-state index in [0.717, 1.165) is 30.0 Å². The third kappa shape index (κ3) is 4.08. The van der Waals surface area contributed by atoms with Crippen LogP contribution in [0.3, 0.4) is 0 Å². The Kier molecular flexibility index (Phi) is 5.56. The minimum atomic E-state index is 0.112. The highest BCUT2D eigenvalue weighted by Gasteiger charge is 2.15. The summed E-state index contributed by atoms with van der Waals surface area (Å²) in [6.45, 7) is 7.93. The molecule has 0 saturated heterocycles. The molecule has 0 saturated carbocycles. The summed E-state index contributed by atoms with van der Waals surface area (Å²) in [5.41, 5.74) is 0.743. The molecule has 0 bridgehead atoms. The van der Waals surface area contributed by atoms with Gasteiger partial charge in [-0.3, -0.25) is 4.79 Å². The SMILES string of the molecule is CCC(C)CN(CC)C(=O)c1ccc(S)cc1. The molecule has 0 aliphatic carbocycles. The van der Waals surface area contributed by atoms with E-state index in [9.17, 15) is 4.79 Å². The summed E-state index contributed by atoms with van der Waals surface area (Å²) in [7, 11) is 0. The van der Waals surface area contributed by atoms with E-state index < -0.39 is 0 Å². The highest BCUT2D eigenvalue weighted by molar-refractivity contribution is 7.80. The van der Waals surface area contributed by atoms with Crippen molar-refractivity contribution in [2.24, 2.45) is 5.92 Å². The second-order valence-electron chi connectivity index (χ2n) is 4.40. The lowest BCUT2D eigenvalue weighted by molar-refractivity contribution is 0.0741. The lowest BCUT2D eigenvalue weighted by Crippen LogP contribution is -2.34. The van der Waals surface area contributed by atoms with Gasteiger partial charge in [0.15, 0.2) is 0 Å². The first-order valence-corrected chi connectivity index (χ1v) is 6.61. The van der Waals surface area contributed by atoms with Gasteiger partial charge in [0.2, 0.25) is 0 Å². The van der Waals surface area contributed by atoms with Gasteiger partial charge < -0.3 is 4.90 Å². The summed E-state index contributed by atoms with van der Waals surface area (Å²) in [6.07, 6.45) is 1.10. The van der Waals surface area contributed by atoms with E-state index >= 15 is 0 Å². The van der Waals surface area contributed by atoms with Gasteiger partial charge in [-0.15, -0.1) is 12.6 Å². The van der Waals surface area contributed by atoms with E-state index in [0.29, 0.717) is 5.92 Å². The van der Waals surface area contributed by atoms with Gasteiger partial charge in [0, 0.05) is 23.5 Å². The zero-order valence-corrected chi connectivity index (χ0v) is 11.7. The van der Waals surface area contributed by atoms with Crippen LogP contribution < -0.4 is 0 Å². The Labute approximate surface area is 109 Å². The van der Waals surface area contributed by atoms with Crippen LogP contribution in [-0.2, 0) is 0 Å². The van der Waals surface area contributed by atoms with Gasteiger partial charge in [-0.05, 0) is 37.1 Å². The fourth-order valence-electron chi connectivity index (χ4n) is 1.65. The minimum Gasteiger partial charge on any atom is -0.339 e. The highest BCUT2D eigenvalue weighted by Crippen LogP contribution is 2.12. The maximum atomic E-state index is 12.2. The zero-order chi connectivity index (χ0) is 12.8. The van der Waals surface area contributed by atoms with Gasteiger partial charge >= 0.3 is 0 Å². The third-order valence-electron chi connectivity index (χ3n) is 3.01.